The molecule has 4 aromatic heterocycles. The zero-order valence-corrected chi connectivity index (χ0v) is 19.7. The van der Waals surface area contributed by atoms with E-state index in [4.69, 9.17) is 15.0 Å². The van der Waals surface area contributed by atoms with E-state index in [1.54, 1.807) is 6.20 Å². The second-order valence-electron chi connectivity index (χ2n) is 8.68. The molecule has 0 amide bonds. The standard InChI is InChI=1S/C30H21N7/c1-3-9-20(10-4-1)29-33-23-15-14-21(19-25(23)34-29)27-28(37-18-8-7-13-26(37)36-27)24-16-17-31-30(35-24)32-22-11-5-2-6-12-22/h1-19H,(H,33,34)(H,31,32,35). The zero-order valence-electron chi connectivity index (χ0n) is 19.7. The van der Waals surface area contributed by atoms with Gasteiger partial charge in [0.1, 0.15) is 11.5 Å². The Morgan fingerprint density at radius 1 is 0.703 bits per heavy atom. The number of hydrogen-bond acceptors (Lipinski definition) is 5. The number of imidazole rings is 2. The van der Waals surface area contributed by atoms with Gasteiger partial charge in [-0.2, -0.15) is 0 Å². The number of fused-ring (bicyclic) bond motifs is 2. The van der Waals surface area contributed by atoms with Crippen LogP contribution in [0.4, 0.5) is 11.6 Å². The summed E-state index contributed by atoms with van der Waals surface area (Å²) in [4.78, 5) is 22.5. The maximum Gasteiger partial charge on any atom is 0.227 e. The lowest BCUT2D eigenvalue weighted by molar-refractivity contribution is 1.13. The number of H-pyrrole nitrogens is 1. The van der Waals surface area contributed by atoms with Gasteiger partial charge < -0.3 is 10.3 Å². The van der Waals surface area contributed by atoms with E-state index in [1.807, 2.05) is 85.1 Å². The highest BCUT2D eigenvalue weighted by Gasteiger charge is 2.18. The largest absolute Gasteiger partial charge is 0.338 e. The Kier molecular flexibility index (Phi) is 4.96. The van der Waals surface area contributed by atoms with Gasteiger partial charge >= 0.3 is 0 Å². The van der Waals surface area contributed by atoms with Crippen LogP contribution in [0.15, 0.2) is 116 Å². The first-order valence-electron chi connectivity index (χ1n) is 12.0. The van der Waals surface area contributed by atoms with Crippen molar-refractivity contribution in [2.75, 3.05) is 5.32 Å². The Morgan fingerprint density at radius 3 is 2.38 bits per heavy atom. The smallest absolute Gasteiger partial charge is 0.227 e. The molecule has 3 aromatic carbocycles. The second kappa shape index (κ2) is 8.73. The number of hydrogen-bond donors (Lipinski definition) is 2. The first-order chi connectivity index (χ1) is 18.3. The summed E-state index contributed by atoms with van der Waals surface area (Å²) < 4.78 is 2.07. The monoisotopic (exact) mass is 479 g/mol. The van der Waals surface area contributed by atoms with Crippen LogP contribution < -0.4 is 5.32 Å². The van der Waals surface area contributed by atoms with Gasteiger partial charge in [0, 0.05) is 29.2 Å². The summed E-state index contributed by atoms with van der Waals surface area (Å²) in [6, 6.07) is 34.1. The topological polar surface area (TPSA) is 83.8 Å². The summed E-state index contributed by atoms with van der Waals surface area (Å²) in [6.45, 7) is 0. The minimum absolute atomic E-state index is 0.525. The first kappa shape index (κ1) is 21.0. The fourth-order valence-electron chi connectivity index (χ4n) is 4.53. The van der Waals surface area contributed by atoms with Gasteiger partial charge in [0.15, 0.2) is 0 Å². The molecule has 0 spiro atoms. The molecule has 7 nitrogen and oxygen atoms in total. The van der Waals surface area contributed by atoms with Crippen molar-refractivity contribution in [3.05, 3.63) is 116 Å². The third-order valence-corrected chi connectivity index (χ3v) is 6.26. The number of nitrogens with zero attached hydrogens (tertiary/aromatic N) is 5. The van der Waals surface area contributed by atoms with Crippen molar-refractivity contribution in [3.63, 3.8) is 0 Å². The quantitative estimate of drug-likeness (QED) is 0.285. The highest BCUT2D eigenvalue weighted by atomic mass is 15.1. The van der Waals surface area contributed by atoms with Gasteiger partial charge in [-0.1, -0.05) is 60.7 Å². The van der Waals surface area contributed by atoms with Crippen LogP contribution in [-0.4, -0.2) is 29.3 Å². The number of anilines is 2. The Morgan fingerprint density at radius 2 is 1.51 bits per heavy atom. The number of rotatable bonds is 5. The highest BCUT2D eigenvalue weighted by Crippen LogP contribution is 2.34. The van der Waals surface area contributed by atoms with E-state index in [-0.39, 0.29) is 0 Å². The van der Waals surface area contributed by atoms with Crippen LogP contribution in [0.2, 0.25) is 0 Å². The molecule has 7 aromatic rings. The summed E-state index contributed by atoms with van der Waals surface area (Å²) in [5.74, 6) is 1.37. The molecule has 7 heteroatoms. The predicted octanol–water partition coefficient (Wildman–Crippen LogP) is 6.75. The molecule has 2 N–H and O–H groups in total. The van der Waals surface area contributed by atoms with E-state index in [9.17, 15) is 0 Å². The normalized spacial score (nSPS) is 11.2. The molecule has 0 unspecified atom stereocenters. The summed E-state index contributed by atoms with van der Waals surface area (Å²) in [5.41, 5.74) is 8.17. The number of aromatic amines is 1. The van der Waals surface area contributed by atoms with E-state index >= 15 is 0 Å². The molecule has 0 bridgehead atoms. The lowest BCUT2D eigenvalue weighted by Gasteiger charge is -2.08. The summed E-state index contributed by atoms with van der Waals surface area (Å²) in [5, 5.41) is 3.29. The second-order valence-corrected chi connectivity index (χ2v) is 8.68. The molecular formula is C30H21N7. The third kappa shape index (κ3) is 3.88. The van der Waals surface area contributed by atoms with Gasteiger partial charge in [0.25, 0.3) is 0 Å². The van der Waals surface area contributed by atoms with Crippen molar-refractivity contribution < 1.29 is 0 Å². The summed E-state index contributed by atoms with van der Waals surface area (Å²) in [7, 11) is 0. The van der Waals surface area contributed by atoms with Crippen molar-refractivity contribution in [1.29, 1.82) is 0 Å². The van der Waals surface area contributed by atoms with Crippen LogP contribution in [0.1, 0.15) is 0 Å². The zero-order chi connectivity index (χ0) is 24.6. The predicted molar refractivity (Wildman–Crippen MR) is 146 cm³/mol. The van der Waals surface area contributed by atoms with Crippen LogP contribution in [0.5, 0.6) is 0 Å². The van der Waals surface area contributed by atoms with E-state index in [2.05, 4.69) is 44.0 Å². The molecule has 4 heterocycles. The van der Waals surface area contributed by atoms with Crippen LogP contribution in [0.3, 0.4) is 0 Å². The number of nitrogens with one attached hydrogen (secondary N) is 2. The summed E-state index contributed by atoms with van der Waals surface area (Å²) in [6.07, 6.45) is 3.78. The van der Waals surface area contributed by atoms with Crippen LogP contribution in [0, 0.1) is 0 Å². The fourth-order valence-corrected chi connectivity index (χ4v) is 4.53. The number of aromatic nitrogens is 6. The highest BCUT2D eigenvalue weighted by molar-refractivity contribution is 5.88. The lowest BCUT2D eigenvalue weighted by atomic mass is 10.1. The first-order valence-corrected chi connectivity index (χ1v) is 12.0. The summed E-state index contributed by atoms with van der Waals surface area (Å²) >= 11 is 0. The van der Waals surface area contributed by atoms with Crippen molar-refractivity contribution in [2.24, 2.45) is 0 Å². The number of pyridine rings is 1. The minimum atomic E-state index is 0.525. The molecule has 0 fully saturated rings. The molecule has 0 aliphatic heterocycles. The number of para-hydroxylation sites is 1. The van der Waals surface area contributed by atoms with E-state index in [0.717, 1.165) is 56.4 Å². The molecule has 0 radical (unpaired) electrons. The van der Waals surface area contributed by atoms with Gasteiger partial charge in [-0.25, -0.2) is 19.9 Å². The molecule has 176 valence electrons. The molecule has 0 aliphatic carbocycles. The van der Waals surface area contributed by atoms with Crippen molar-refractivity contribution >= 4 is 28.3 Å². The maximum atomic E-state index is 4.99. The van der Waals surface area contributed by atoms with E-state index in [1.165, 1.54) is 0 Å². The van der Waals surface area contributed by atoms with Gasteiger partial charge in [-0.15, -0.1) is 0 Å². The minimum Gasteiger partial charge on any atom is -0.338 e. The molecular weight excluding hydrogens is 458 g/mol. The molecule has 0 saturated carbocycles. The van der Waals surface area contributed by atoms with E-state index in [0.29, 0.717) is 5.95 Å². The van der Waals surface area contributed by atoms with Gasteiger partial charge in [0.05, 0.1) is 28.1 Å². The van der Waals surface area contributed by atoms with E-state index < -0.39 is 0 Å². The van der Waals surface area contributed by atoms with Crippen molar-refractivity contribution in [3.8, 4) is 34.0 Å². The molecule has 37 heavy (non-hydrogen) atoms. The third-order valence-electron chi connectivity index (χ3n) is 6.26. The molecule has 0 aliphatic rings. The lowest BCUT2D eigenvalue weighted by Crippen LogP contribution is -1.99. The SMILES string of the molecule is c1ccc(Nc2nccc(-c3c(-c4ccc5nc(-c6ccccc6)[nH]c5c4)nc4ccccn34)n2)cc1. The van der Waals surface area contributed by atoms with Crippen LogP contribution in [0.25, 0.3) is 50.7 Å². The maximum absolute atomic E-state index is 4.99. The van der Waals surface area contributed by atoms with Gasteiger partial charge in [0.2, 0.25) is 5.95 Å². The molecule has 0 atom stereocenters. The van der Waals surface area contributed by atoms with Crippen molar-refractivity contribution in [1.82, 2.24) is 29.3 Å². The average Bonchev–Trinajstić information content (AvgIpc) is 3.56. The van der Waals surface area contributed by atoms with Gasteiger partial charge in [-0.05, 0) is 42.5 Å². The molecule has 7 rings (SSSR count). The number of benzene rings is 3. The Hall–Kier alpha value is -5.30. The van der Waals surface area contributed by atoms with Crippen LogP contribution in [-0.2, 0) is 0 Å². The average molecular weight is 480 g/mol. The Balaban J connectivity index is 1.35. The van der Waals surface area contributed by atoms with Gasteiger partial charge in [-0.3, -0.25) is 4.40 Å². The molecule has 0 saturated heterocycles. The fraction of sp³-hybridized carbons (Fsp3) is 0. The van der Waals surface area contributed by atoms with Crippen molar-refractivity contribution in [2.45, 2.75) is 0 Å². The Labute approximate surface area is 212 Å². The van der Waals surface area contributed by atoms with Crippen LogP contribution >= 0.6 is 0 Å². The Bertz CT molecular complexity index is 1850.